The lowest BCUT2D eigenvalue weighted by atomic mass is 9.99. The molecule has 2 heterocycles. The molecule has 0 aromatic heterocycles. The predicted molar refractivity (Wildman–Crippen MR) is 66.7 cm³/mol. The lowest BCUT2D eigenvalue weighted by Gasteiger charge is -2.25. The quantitative estimate of drug-likeness (QED) is 0.698. The van der Waals surface area contributed by atoms with Crippen molar-refractivity contribution in [3.63, 3.8) is 0 Å². The largest absolute Gasteiger partial charge is 0.381 e. The second kappa shape index (κ2) is 7.25. The number of piperidine rings is 2. The average molecular weight is 226 g/mol. The maximum absolute atomic E-state index is 5.81. The molecular weight excluding hydrogens is 200 g/mol. The molecule has 1 unspecified atom stereocenters. The van der Waals surface area contributed by atoms with E-state index in [-0.39, 0.29) is 0 Å². The van der Waals surface area contributed by atoms with Gasteiger partial charge >= 0.3 is 0 Å². The highest BCUT2D eigenvalue weighted by atomic mass is 16.5. The van der Waals surface area contributed by atoms with Crippen molar-refractivity contribution >= 4 is 0 Å². The van der Waals surface area contributed by atoms with E-state index in [1.807, 2.05) is 0 Å². The zero-order valence-electron chi connectivity index (χ0n) is 10.3. The molecule has 0 aromatic carbocycles. The Morgan fingerprint density at radius 3 is 2.62 bits per heavy atom. The first kappa shape index (κ1) is 12.3. The number of hydrogen-bond acceptors (Lipinski definition) is 3. The van der Waals surface area contributed by atoms with Crippen molar-refractivity contribution in [2.75, 3.05) is 32.8 Å². The molecule has 2 fully saturated rings. The molecule has 0 amide bonds. The van der Waals surface area contributed by atoms with Crippen molar-refractivity contribution in [3.8, 4) is 0 Å². The molecule has 0 spiro atoms. The van der Waals surface area contributed by atoms with E-state index in [2.05, 4.69) is 10.6 Å². The normalized spacial score (nSPS) is 28.1. The summed E-state index contributed by atoms with van der Waals surface area (Å²) in [5.41, 5.74) is 0. The molecule has 0 aliphatic carbocycles. The van der Waals surface area contributed by atoms with Crippen LogP contribution in [0.1, 0.15) is 38.5 Å². The number of ether oxygens (including phenoxy) is 1. The highest BCUT2D eigenvalue weighted by Crippen LogP contribution is 2.13. The zero-order valence-corrected chi connectivity index (χ0v) is 10.3. The fourth-order valence-corrected chi connectivity index (χ4v) is 2.69. The van der Waals surface area contributed by atoms with E-state index < -0.39 is 0 Å². The van der Waals surface area contributed by atoms with Crippen molar-refractivity contribution in [1.82, 2.24) is 10.6 Å². The van der Waals surface area contributed by atoms with E-state index in [0.717, 1.165) is 25.2 Å². The Bertz CT molecular complexity index is 155. The van der Waals surface area contributed by atoms with Gasteiger partial charge in [-0.25, -0.2) is 0 Å². The van der Waals surface area contributed by atoms with Gasteiger partial charge in [-0.05, 0) is 57.7 Å². The summed E-state index contributed by atoms with van der Waals surface area (Å²) in [6.07, 6.45) is 7.88. The minimum atomic E-state index is 0.724. The van der Waals surface area contributed by atoms with Crippen LogP contribution in [0.25, 0.3) is 0 Å². The minimum Gasteiger partial charge on any atom is -0.381 e. The highest BCUT2D eigenvalue weighted by molar-refractivity contribution is 4.72. The van der Waals surface area contributed by atoms with Gasteiger partial charge < -0.3 is 15.4 Å². The van der Waals surface area contributed by atoms with Crippen molar-refractivity contribution < 1.29 is 4.74 Å². The van der Waals surface area contributed by atoms with Gasteiger partial charge in [-0.3, -0.25) is 0 Å². The van der Waals surface area contributed by atoms with Gasteiger partial charge in [-0.15, -0.1) is 0 Å². The molecule has 16 heavy (non-hydrogen) atoms. The Labute approximate surface area is 99.3 Å². The van der Waals surface area contributed by atoms with Crippen LogP contribution in [-0.2, 0) is 4.74 Å². The molecular formula is C13H26N2O. The van der Waals surface area contributed by atoms with E-state index >= 15 is 0 Å². The molecule has 2 aliphatic heterocycles. The Kier molecular flexibility index (Phi) is 5.59. The van der Waals surface area contributed by atoms with Gasteiger partial charge in [-0.1, -0.05) is 6.42 Å². The Morgan fingerprint density at radius 2 is 1.88 bits per heavy atom. The van der Waals surface area contributed by atoms with Crippen LogP contribution in [0.4, 0.5) is 0 Å². The van der Waals surface area contributed by atoms with Crippen LogP contribution in [0.2, 0.25) is 0 Å². The lowest BCUT2D eigenvalue weighted by molar-refractivity contribution is 0.0793. The number of nitrogens with one attached hydrogen (secondary N) is 2. The van der Waals surface area contributed by atoms with Crippen LogP contribution < -0.4 is 10.6 Å². The van der Waals surface area contributed by atoms with E-state index in [1.54, 1.807) is 0 Å². The monoisotopic (exact) mass is 226 g/mol. The predicted octanol–water partition coefficient (Wildman–Crippen LogP) is 1.53. The van der Waals surface area contributed by atoms with Gasteiger partial charge in [0.2, 0.25) is 0 Å². The highest BCUT2D eigenvalue weighted by Gasteiger charge is 2.14. The van der Waals surface area contributed by atoms with Gasteiger partial charge in [0.25, 0.3) is 0 Å². The molecule has 3 heteroatoms. The molecule has 2 aliphatic rings. The molecule has 94 valence electrons. The molecule has 0 saturated carbocycles. The van der Waals surface area contributed by atoms with Crippen LogP contribution in [-0.4, -0.2) is 38.9 Å². The summed E-state index contributed by atoms with van der Waals surface area (Å²) in [4.78, 5) is 0. The van der Waals surface area contributed by atoms with Crippen LogP contribution >= 0.6 is 0 Å². The van der Waals surface area contributed by atoms with Crippen molar-refractivity contribution in [2.24, 2.45) is 5.92 Å². The minimum absolute atomic E-state index is 0.724. The lowest BCUT2D eigenvalue weighted by Crippen LogP contribution is -2.35. The second-order valence-corrected chi connectivity index (χ2v) is 5.20. The van der Waals surface area contributed by atoms with E-state index in [4.69, 9.17) is 4.74 Å². The van der Waals surface area contributed by atoms with Crippen LogP contribution in [0, 0.1) is 5.92 Å². The summed E-state index contributed by atoms with van der Waals surface area (Å²) in [7, 11) is 0. The van der Waals surface area contributed by atoms with E-state index in [9.17, 15) is 0 Å². The molecule has 2 rings (SSSR count). The summed E-state index contributed by atoms with van der Waals surface area (Å²) in [6.45, 7) is 5.49. The molecule has 0 bridgehead atoms. The maximum atomic E-state index is 5.81. The molecule has 0 radical (unpaired) electrons. The first-order valence-corrected chi connectivity index (χ1v) is 6.97. The number of hydrogen-bond donors (Lipinski definition) is 2. The second-order valence-electron chi connectivity index (χ2n) is 5.20. The van der Waals surface area contributed by atoms with Crippen LogP contribution in [0.5, 0.6) is 0 Å². The average Bonchev–Trinajstić information content (AvgIpc) is 2.37. The van der Waals surface area contributed by atoms with E-state index in [1.165, 1.54) is 58.2 Å². The third-order valence-electron chi connectivity index (χ3n) is 3.84. The van der Waals surface area contributed by atoms with Crippen LogP contribution in [0.3, 0.4) is 0 Å². The summed E-state index contributed by atoms with van der Waals surface area (Å²) in [5.74, 6) is 0.806. The standard InChI is InChI=1S/C13H26N2O/c1-2-7-15-13(3-1)6-10-16-11-12-4-8-14-9-5-12/h12-15H,1-11H2. The summed E-state index contributed by atoms with van der Waals surface area (Å²) < 4.78 is 5.81. The van der Waals surface area contributed by atoms with Gasteiger partial charge in [0.1, 0.15) is 0 Å². The van der Waals surface area contributed by atoms with Crippen molar-refractivity contribution in [2.45, 2.75) is 44.6 Å². The fourth-order valence-electron chi connectivity index (χ4n) is 2.69. The zero-order chi connectivity index (χ0) is 11.1. The topological polar surface area (TPSA) is 33.3 Å². The Balaban J connectivity index is 1.47. The van der Waals surface area contributed by atoms with Gasteiger partial charge in [0, 0.05) is 19.3 Å². The fraction of sp³-hybridized carbons (Fsp3) is 1.00. The molecule has 2 N–H and O–H groups in total. The SMILES string of the molecule is C1CCC(CCOCC2CCNCC2)NC1. The third-order valence-corrected chi connectivity index (χ3v) is 3.84. The Hall–Kier alpha value is -0.120. The van der Waals surface area contributed by atoms with E-state index in [0.29, 0.717) is 0 Å². The molecule has 1 atom stereocenters. The Morgan fingerprint density at radius 1 is 1.00 bits per heavy atom. The first-order valence-electron chi connectivity index (χ1n) is 6.97. The summed E-state index contributed by atoms with van der Waals surface area (Å²) in [5, 5.41) is 6.96. The molecule has 2 saturated heterocycles. The van der Waals surface area contributed by atoms with Gasteiger partial charge in [-0.2, -0.15) is 0 Å². The third kappa shape index (κ3) is 4.40. The van der Waals surface area contributed by atoms with Gasteiger partial charge in [0.15, 0.2) is 0 Å². The van der Waals surface area contributed by atoms with Crippen molar-refractivity contribution in [3.05, 3.63) is 0 Å². The van der Waals surface area contributed by atoms with Gasteiger partial charge in [0.05, 0.1) is 0 Å². The maximum Gasteiger partial charge on any atom is 0.0495 e. The smallest absolute Gasteiger partial charge is 0.0495 e. The van der Waals surface area contributed by atoms with Crippen LogP contribution in [0.15, 0.2) is 0 Å². The first-order chi connectivity index (χ1) is 7.95. The molecule has 3 nitrogen and oxygen atoms in total. The number of rotatable bonds is 5. The summed E-state index contributed by atoms with van der Waals surface area (Å²) in [6, 6.07) is 0.724. The summed E-state index contributed by atoms with van der Waals surface area (Å²) >= 11 is 0. The molecule has 0 aromatic rings. The van der Waals surface area contributed by atoms with Crippen molar-refractivity contribution in [1.29, 1.82) is 0 Å².